The summed E-state index contributed by atoms with van der Waals surface area (Å²) in [6.45, 7) is -0.619. The molecule has 2 bridgehead atoms. The predicted molar refractivity (Wildman–Crippen MR) is 150 cm³/mol. The summed E-state index contributed by atoms with van der Waals surface area (Å²) in [4.78, 5) is 65.6. The van der Waals surface area contributed by atoms with Crippen LogP contribution < -0.4 is 4.74 Å². The van der Waals surface area contributed by atoms with E-state index in [0.29, 0.717) is 0 Å². The SMILES string of the molecule is O=C(CCN1C(=O)C2C3c4ccccc4C(c4ccccc43)C2C1=O)OCC(=O)c1ccc(OC(=O)c2ccco2)cc1. The van der Waals surface area contributed by atoms with Gasteiger partial charge < -0.3 is 13.9 Å². The fourth-order valence-corrected chi connectivity index (χ4v) is 6.73. The van der Waals surface area contributed by atoms with Crippen molar-refractivity contribution in [2.24, 2.45) is 11.8 Å². The molecule has 2 heterocycles. The monoisotopic (exact) mass is 575 g/mol. The van der Waals surface area contributed by atoms with Crippen LogP contribution in [0.2, 0.25) is 0 Å². The third-order valence-electron chi connectivity index (χ3n) is 8.55. The van der Waals surface area contributed by atoms with E-state index in [-0.39, 0.29) is 53.7 Å². The number of rotatable bonds is 8. The summed E-state index contributed by atoms with van der Waals surface area (Å²) in [5.41, 5.74) is 4.58. The van der Waals surface area contributed by atoms with Crippen molar-refractivity contribution < 1.29 is 37.9 Å². The van der Waals surface area contributed by atoms with Crippen LogP contribution in [0.1, 0.15) is 61.4 Å². The number of nitrogens with zero attached hydrogens (tertiary/aromatic N) is 1. The molecule has 214 valence electrons. The maximum absolute atomic E-state index is 13.6. The van der Waals surface area contributed by atoms with Crippen LogP contribution in [0.4, 0.5) is 0 Å². The first-order valence-electron chi connectivity index (χ1n) is 14.0. The number of ketones is 1. The smallest absolute Gasteiger partial charge is 0.379 e. The van der Waals surface area contributed by atoms with E-state index < -0.39 is 36.2 Å². The number of carbonyl (C=O) groups excluding carboxylic acids is 5. The zero-order valence-corrected chi connectivity index (χ0v) is 22.8. The molecule has 9 nitrogen and oxygen atoms in total. The standard InChI is InChI=1S/C34H25NO8/c36-25(19-11-13-20(14-12-19)43-34(40)26-10-5-17-41-26)18-42-27(37)15-16-35-32(38)30-28-21-6-1-2-7-22(21)29(31(30)33(35)39)24-9-4-3-8-23(24)28/h1-14,17,28-31H,15-16,18H2. The van der Waals surface area contributed by atoms with Gasteiger partial charge >= 0.3 is 11.9 Å². The van der Waals surface area contributed by atoms with Crippen molar-refractivity contribution >= 4 is 29.5 Å². The molecule has 0 N–H and O–H groups in total. The maximum Gasteiger partial charge on any atom is 0.379 e. The Morgan fingerprint density at radius 1 is 0.721 bits per heavy atom. The molecule has 4 aromatic rings. The van der Waals surface area contributed by atoms with Crippen molar-refractivity contribution in [3.05, 3.63) is 125 Å². The Labute approximate surface area is 246 Å². The van der Waals surface area contributed by atoms with Gasteiger partial charge in [-0.05, 0) is 58.7 Å². The average Bonchev–Trinajstić information content (AvgIpc) is 3.67. The van der Waals surface area contributed by atoms with Gasteiger partial charge in [-0.25, -0.2) is 4.79 Å². The Hall–Kier alpha value is -5.31. The van der Waals surface area contributed by atoms with Gasteiger partial charge in [0.15, 0.2) is 12.4 Å². The number of imide groups is 1. The molecule has 1 aromatic heterocycles. The number of esters is 2. The predicted octanol–water partition coefficient (Wildman–Crippen LogP) is 4.51. The summed E-state index contributed by atoms with van der Waals surface area (Å²) < 4.78 is 15.4. The lowest BCUT2D eigenvalue weighted by molar-refractivity contribution is -0.145. The van der Waals surface area contributed by atoms with Gasteiger partial charge in [-0.1, -0.05) is 48.5 Å². The number of hydrogen-bond acceptors (Lipinski definition) is 8. The van der Waals surface area contributed by atoms with Crippen LogP contribution in [0.15, 0.2) is 95.6 Å². The minimum absolute atomic E-state index is 0.0469. The second kappa shape index (κ2) is 10.5. The van der Waals surface area contributed by atoms with E-state index in [0.717, 1.165) is 22.3 Å². The minimum atomic E-state index is -0.692. The molecule has 8 rings (SSSR count). The molecule has 1 fully saturated rings. The van der Waals surface area contributed by atoms with E-state index in [1.165, 1.54) is 41.5 Å². The Morgan fingerprint density at radius 3 is 1.79 bits per heavy atom. The number of carbonyl (C=O) groups is 5. The number of amides is 2. The van der Waals surface area contributed by atoms with Crippen LogP contribution in [0.25, 0.3) is 0 Å². The van der Waals surface area contributed by atoms with Crippen LogP contribution in [0.3, 0.4) is 0 Å². The lowest BCUT2D eigenvalue weighted by Crippen LogP contribution is -2.41. The molecular weight excluding hydrogens is 550 g/mol. The van der Waals surface area contributed by atoms with Crippen LogP contribution in [-0.4, -0.2) is 47.6 Å². The van der Waals surface area contributed by atoms with Crippen molar-refractivity contribution in [3.63, 3.8) is 0 Å². The van der Waals surface area contributed by atoms with Crippen molar-refractivity contribution in [2.75, 3.05) is 13.2 Å². The Balaban J connectivity index is 0.969. The van der Waals surface area contributed by atoms with Crippen molar-refractivity contribution in [1.82, 2.24) is 4.90 Å². The molecule has 43 heavy (non-hydrogen) atoms. The molecule has 0 spiro atoms. The first-order valence-corrected chi connectivity index (χ1v) is 14.0. The van der Waals surface area contributed by atoms with E-state index in [9.17, 15) is 24.0 Å². The van der Waals surface area contributed by atoms with Crippen LogP contribution in [0.5, 0.6) is 5.75 Å². The number of likely N-dealkylation sites (tertiary alicyclic amines) is 1. The number of ether oxygens (including phenoxy) is 2. The third kappa shape index (κ3) is 4.44. The van der Waals surface area contributed by atoms with E-state index in [1.54, 1.807) is 6.07 Å². The topological polar surface area (TPSA) is 120 Å². The van der Waals surface area contributed by atoms with Crippen molar-refractivity contribution in [1.29, 1.82) is 0 Å². The number of Topliss-reactive ketones (excluding diaryl/α,β-unsaturated/α-hetero) is 1. The second-order valence-electron chi connectivity index (χ2n) is 10.8. The summed E-state index contributed by atoms with van der Waals surface area (Å²) in [5, 5.41) is 0. The van der Waals surface area contributed by atoms with Crippen LogP contribution >= 0.6 is 0 Å². The van der Waals surface area contributed by atoms with Crippen molar-refractivity contribution in [3.8, 4) is 5.75 Å². The Kier molecular flexibility index (Phi) is 6.50. The zero-order chi connectivity index (χ0) is 29.7. The quantitative estimate of drug-likeness (QED) is 0.130. The number of benzene rings is 3. The number of furan rings is 1. The maximum atomic E-state index is 13.6. The minimum Gasteiger partial charge on any atom is -0.457 e. The molecule has 0 radical (unpaired) electrons. The van der Waals surface area contributed by atoms with Gasteiger partial charge in [0.05, 0.1) is 24.5 Å². The summed E-state index contributed by atoms with van der Waals surface area (Å²) in [6, 6.07) is 24.8. The Bertz CT molecular complexity index is 1660. The summed E-state index contributed by atoms with van der Waals surface area (Å²) in [5.74, 6) is -3.55. The fourth-order valence-electron chi connectivity index (χ4n) is 6.73. The van der Waals surface area contributed by atoms with Gasteiger partial charge in [0, 0.05) is 23.9 Å². The first-order chi connectivity index (χ1) is 20.9. The Morgan fingerprint density at radius 2 is 1.28 bits per heavy atom. The second-order valence-corrected chi connectivity index (χ2v) is 10.8. The lowest BCUT2D eigenvalue weighted by Gasteiger charge is -2.45. The summed E-state index contributed by atoms with van der Waals surface area (Å²) in [7, 11) is 0. The molecule has 1 saturated heterocycles. The highest BCUT2D eigenvalue weighted by Gasteiger charge is 2.61. The summed E-state index contributed by atoms with van der Waals surface area (Å²) in [6.07, 6.45) is 1.13. The molecule has 9 heteroatoms. The van der Waals surface area contributed by atoms with E-state index in [1.807, 2.05) is 48.5 Å². The van der Waals surface area contributed by atoms with E-state index in [2.05, 4.69) is 0 Å². The zero-order valence-electron chi connectivity index (χ0n) is 22.8. The first kappa shape index (κ1) is 26.6. The molecule has 2 atom stereocenters. The highest BCUT2D eigenvalue weighted by molar-refractivity contribution is 6.08. The summed E-state index contributed by atoms with van der Waals surface area (Å²) >= 11 is 0. The highest BCUT2D eigenvalue weighted by atomic mass is 16.5. The normalized spacial score (nSPS) is 21.2. The molecule has 3 aromatic carbocycles. The molecule has 2 unspecified atom stereocenters. The molecule has 2 amide bonds. The third-order valence-corrected chi connectivity index (χ3v) is 8.55. The number of hydrogen-bond donors (Lipinski definition) is 0. The molecule has 1 aliphatic heterocycles. The average molecular weight is 576 g/mol. The fraction of sp³-hybridized carbons (Fsp3) is 0.206. The lowest BCUT2D eigenvalue weighted by atomic mass is 9.55. The molecule has 0 saturated carbocycles. The van der Waals surface area contributed by atoms with Gasteiger partial charge in [-0.15, -0.1) is 0 Å². The van der Waals surface area contributed by atoms with Gasteiger partial charge in [0.1, 0.15) is 5.75 Å². The van der Waals surface area contributed by atoms with Gasteiger partial charge in [-0.3, -0.25) is 24.1 Å². The van der Waals surface area contributed by atoms with E-state index >= 15 is 0 Å². The van der Waals surface area contributed by atoms with Crippen LogP contribution in [-0.2, 0) is 19.1 Å². The van der Waals surface area contributed by atoms with E-state index in [4.69, 9.17) is 13.9 Å². The molecule has 4 aliphatic rings. The van der Waals surface area contributed by atoms with Gasteiger partial charge in [0.2, 0.25) is 17.6 Å². The van der Waals surface area contributed by atoms with Crippen molar-refractivity contribution in [2.45, 2.75) is 18.3 Å². The highest BCUT2D eigenvalue weighted by Crippen LogP contribution is 2.60. The van der Waals surface area contributed by atoms with Gasteiger partial charge in [-0.2, -0.15) is 0 Å². The molecule has 3 aliphatic carbocycles. The van der Waals surface area contributed by atoms with Gasteiger partial charge in [0.25, 0.3) is 0 Å². The molecular formula is C34H25NO8. The largest absolute Gasteiger partial charge is 0.457 e. The van der Waals surface area contributed by atoms with Crippen LogP contribution in [0, 0.1) is 11.8 Å².